The number of imidazole rings is 1. The average molecular weight is 271 g/mol. The van der Waals surface area contributed by atoms with Crippen LogP contribution in [-0.2, 0) is 6.54 Å². The third kappa shape index (κ3) is 4.12. The van der Waals surface area contributed by atoms with Crippen LogP contribution in [0.3, 0.4) is 0 Å². The Morgan fingerprint density at radius 2 is 1.90 bits per heavy atom. The molecular formula is C17H25N3. The summed E-state index contributed by atoms with van der Waals surface area (Å²) in [7, 11) is 0. The first kappa shape index (κ1) is 14.6. The maximum absolute atomic E-state index is 5.85. The highest BCUT2D eigenvalue weighted by Crippen LogP contribution is 2.20. The van der Waals surface area contributed by atoms with Gasteiger partial charge in [0, 0.05) is 30.2 Å². The van der Waals surface area contributed by atoms with Crippen molar-refractivity contribution in [1.82, 2.24) is 9.55 Å². The van der Waals surface area contributed by atoms with E-state index in [4.69, 9.17) is 5.73 Å². The van der Waals surface area contributed by atoms with E-state index in [9.17, 15) is 0 Å². The smallest absolute Gasteiger partial charge is 0.139 e. The number of nitrogens with zero attached hydrogens (tertiary/aromatic N) is 2. The van der Waals surface area contributed by atoms with E-state index in [0.717, 1.165) is 23.6 Å². The van der Waals surface area contributed by atoms with E-state index >= 15 is 0 Å². The minimum atomic E-state index is 0.789. The number of aromatic nitrogens is 2. The summed E-state index contributed by atoms with van der Waals surface area (Å²) in [4.78, 5) is 4.46. The van der Waals surface area contributed by atoms with Gasteiger partial charge in [-0.15, -0.1) is 0 Å². The number of benzene rings is 1. The number of hydrogen-bond acceptors (Lipinski definition) is 2. The molecule has 1 heterocycles. The van der Waals surface area contributed by atoms with Crippen LogP contribution in [0.25, 0.3) is 11.4 Å². The summed E-state index contributed by atoms with van der Waals surface area (Å²) < 4.78 is 2.23. The van der Waals surface area contributed by atoms with Crippen LogP contribution in [0, 0.1) is 0 Å². The second-order valence-corrected chi connectivity index (χ2v) is 5.34. The second kappa shape index (κ2) is 7.73. The molecule has 0 saturated carbocycles. The summed E-state index contributed by atoms with van der Waals surface area (Å²) in [6.07, 6.45) is 11.8. The Labute approximate surface area is 121 Å². The van der Waals surface area contributed by atoms with E-state index in [2.05, 4.69) is 28.7 Å². The monoisotopic (exact) mass is 271 g/mol. The normalized spacial score (nSPS) is 10.8. The summed E-state index contributed by atoms with van der Waals surface area (Å²) in [6, 6.07) is 7.94. The molecule has 0 unspecified atom stereocenters. The van der Waals surface area contributed by atoms with Crippen molar-refractivity contribution in [3.63, 3.8) is 0 Å². The molecule has 1 aromatic carbocycles. The van der Waals surface area contributed by atoms with Gasteiger partial charge in [0.15, 0.2) is 0 Å². The third-order valence-corrected chi connectivity index (χ3v) is 3.61. The topological polar surface area (TPSA) is 43.8 Å². The van der Waals surface area contributed by atoms with Gasteiger partial charge < -0.3 is 10.3 Å². The number of hydrogen-bond donors (Lipinski definition) is 1. The van der Waals surface area contributed by atoms with Crippen molar-refractivity contribution in [2.24, 2.45) is 0 Å². The fourth-order valence-electron chi connectivity index (χ4n) is 2.49. The predicted molar refractivity (Wildman–Crippen MR) is 85.5 cm³/mol. The molecule has 0 atom stereocenters. The van der Waals surface area contributed by atoms with Crippen LogP contribution >= 0.6 is 0 Å². The number of anilines is 1. The first-order chi connectivity index (χ1) is 9.81. The summed E-state index contributed by atoms with van der Waals surface area (Å²) in [5, 5.41) is 0. The molecule has 0 amide bonds. The lowest BCUT2D eigenvalue weighted by molar-refractivity contribution is 0.560. The molecule has 0 bridgehead atoms. The van der Waals surface area contributed by atoms with Crippen molar-refractivity contribution in [2.75, 3.05) is 5.73 Å². The fourth-order valence-corrected chi connectivity index (χ4v) is 2.49. The quantitative estimate of drug-likeness (QED) is 0.567. The van der Waals surface area contributed by atoms with Gasteiger partial charge in [-0.25, -0.2) is 4.98 Å². The third-order valence-electron chi connectivity index (χ3n) is 3.61. The van der Waals surface area contributed by atoms with Crippen LogP contribution in [-0.4, -0.2) is 9.55 Å². The summed E-state index contributed by atoms with van der Waals surface area (Å²) in [6.45, 7) is 3.29. The standard InChI is InChI=1S/C17H25N3/c1-2-3-4-5-6-7-12-20-13-11-19-17(20)15-9-8-10-16(18)14-15/h8-11,13-14H,2-7,12,18H2,1H3. The lowest BCUT2D eigenvalue weighted by atomic mass is 10.1. The molecule has 2 aromatic rings. The Kier molecular flexibility index (Phi) is 5.66. The van der Waals surface area contributed by atoms with Crippen molar-refractivity contribution in [3.8, 4) is 11.4 Å². The van der Waals surface area contributed by atoms with Gasteiger partial charge in [-0.05, 0) is 18.6 Å². The average Bonchev–Trinajstić information content (AvgIpc) is 2.91. The Morgan fingerprint density at radius 3 is 2.70 bits per heavy atom. The number of nitrogen functional groups attached to an aromatic ring is 1. The minimum Gasteiger partial charge on any atom is -0.399 e. The van der Waals surface area contributed by atoms with Crippen LogP contribution in [0.1, 0.15) is 45.4 Å². The highest BCUT2D eigenvalue weighted by molar-refractivity contribution is 5.61. The molecule has 0 aliphatic carbocycles. The molecule has 0 aliphatic heterocycles. The molecule has 0 aliphatic rings. The molecule has 0 spiro atoms. The lowest BCUT2D eigenvalue weighted by Gasteiger charge is -2.08. The van der Waals surface area contributed by atoms with Crippen LogP contribution in [0.4, 0.5) is 5.69 Å². The van der Waals surface area contributed by atoms with Crippen molar-refractivity contribution in [3.05, 3.63) is 36.7 Å². The predicted octanol–water partition coefficient (Wildman–Crippen LogP) is 4.49. The van der Waals surface area contributed by atoms with Crippen molar-refractivity contribution in [2.45, 2.75) is 52.0 Å². The summed E-state index contributed by atoms with van der Waals surface area (Å²) in [5.41, 5.74) is 7.73. The molecule has 3 heteroatoms. The molecule has 1 aromatic heterocycles. The number of rotatable bonds is 8. The Hall–Kier alpha value is -1.77. The fraction of sp³-hybridized carbons (Fsp3) is 0.471. The number of aryl methyl sites for hydroxylation is 1. The Morgan fingerprint density at radius 1 is 1.10 bits per heavy atom. The van der Waals surface area contributed by atoms with E-state index in [0.29, 0.717) is 0 Å². The van der Waals surface area contributed by atoms with E-state index in [1.165, 1.54) is 38.5 Å². The van der Waals surface area contributed by atoms with Gasteiger partial charge in [-0.2, -0.15) is 0 Å². The molecule has 2 N–H and O–H groups in total. The summed E-state index contributed by atoms with van der Waals surface area (Å²) >= 11 is 0. The van der Waals surface area contributed by atoms with Crippen LogP contribution in [0.5, 0.6) is 0 Å². The van der Waals surface area contributed by atoms with Crippen molar-refractivity contribution in [1.29, 1.82) is 0 Å². The Bertz CT molecular complexity index is 516. The van der Waals surface area contributed by atoms with Gasteiger partial charge in [0.25, 0.3) is 0 Å². The van der Waals surface area contributed by atoms with E-state index in [1.54, 1.807) is 0 Å². The maximum Gasteiger partial charge on any atom is 0.139 e. The van der Waals surface area contributed by atoms with Gasteiger partial charge in [-0.1, -0.05) is 51.2 Å². The molecule has 2 rings (SSSR count). The number of unbranched alkanes of at least 4 members (excludes halogenated alkanes) is 5. The molecule has 0 fully saturated rings. The molecule has 3 nitrogen and oxygen atoms in total. The van der Waals surface area contributed by atoms with Gasteiger partial charge >= 0.3 is 0 Å². The zero-order valence-electron chi connectivity index (χ0n) is 12.4. The summed E-state index contributed by atoms with van der Waals surface area (Å²) in [5.74, 6) is 1.02. The van der Waals surface area contributed by atoms with Crippen molar-refractivity contribution >= 4 is 5.69 Å². The first-order valence-corrected chi connectivity index (χ1v) is 7.68. The SMILES string of the molecule is CCCCCCCCn1ccnc1-c1cccc(N)c1. The second-order valence-electron chi connectivity index (χ2n) is 5.34. The van der Waals surface area contributed by atoms with E-state index < -0.39 is 0 Å². The first-order valence-electron chi connectivity index (χ1n) is 7.68. The van der Waals surface area contributed by atoms with E-state index in [-0.39, 0.29) is 0 Å². The maximum atomic E-state index is 5.85. The van der Waals surface area contributed by atoms with Crippen molar-refractivity contribution < 1.29 is 0 Å². The van der Waals surface area contributed by atoms with Crippen LogP contribution < -0.4 is 5.73 Å². The lowest BCUT2D eigenvalue weighted by Crippen LogP contribution is -2.00. The van der Waals surface area contributed by atoms with Gasteiger partial charge in [0.05, 0.1) is 0 Å². The van der Waals surface area contributed by atoms with Crippen LogP contribution in [0.2, 0.25) is 0 Å². The minimum absolute atomic E-state index is 0.789. The molecule has 108 valence electrons. The van der Waals surface area contributed by atoms with Gasteiger partial charge in [-0.3, -0.25) is 0 Å². The zero-order valence-corrected chi connectivity index (χ0v) is 12.4. The highest BCUT2D eigenvalue weighted by Gasteiger charge is 2.05. The molecular weight excluding hydrogens is 246 g/mol. The van der Waals surface area contributed by atoms with Gasteiger partial charge in [0.2, 0.25) is 0 Å². The van der Waals surface area contributed by atoms with Gasteiger partial charge in [0.1, 0.15) is 5.82 Å². The van der Waals surface area contributed by atoms with Crippen LogP contribution in [0.15, 0.2) is 36.7 Å². The molecule has 0 radical (unpaired) electrons. The molecule has 0 saturated heterocycles. The highest BCUT2D eigenvalue weighted by atomic mass is 15.1. The molecule has 20 heavy (non-hydrogen) atoms. The number of nitrogens with two attached hydrogens (primary N) is 1. The zero-order chi connectivity index (χ0) is 14.2. The Balaban J connectivity index is 1.89. The largest absolute Gasteiger partial charge is 0.399 e. The van der Waals surface area contributed by atoms with E-state index in [1.807, 2.05) is 24.4 Å².